The number of hydrogen-bond acceptors (Lipinski definition) is 7. The summed E-state index contributed by atoms with van der Waals surface area (Å²) in [4.78, 5) is 72.7. The number of aliphatic hydroxyl groups is 1. The molecule has 0 spiro atoms. The number of nitrogens with zero attached hydrogens (tertiary/aromatic N) is 4. The number of anilines is 4. The van der Waals surface area contributed by atoms with Gasteiger partial charge >= 0.3 is 19.5 Å². The number of rotatable bonds is 12. The molecule has 71 heavy (non-hydrogen) atoms. The van der Waals surface area contributed by atoms with Gasteiger partial charge in [-0.2, -0.15) is 0 Å². The predicted molar refractivity (Wildman–Crippen MR) is 284 cm³/mol. The molecule has 3 aromatic heterocycles. The number of benzene rings is 4. The van der Waals surface area contributed by atoms with E-state index < -0.39 is 23.6 Å². The summed E-state index contributed by atoms with van der Waals surface area (Å²) in [6, 6.07) is 36.6. The van der Waals surface area contributed by atoms with Crippen molar-refractivity contribution in [3.05, 3.63) is 144 Å². The number of hydrogen-bond donors (Lipinski definition) is 5. The van der Waals surface area contributed by atoms with E-state index in [2.05, 4.69) is 21.3 Å². The van der Waals surface area contributed by atoms with Gasteiger partial charge in [0.05, 0.1) is 22.8 Å². The Morgan fingerprint density at radius 1 is 0.394 bits per heavy atom. The number of aliphatic hydroxyl groups excluding tert-OH is 1. The van der Waals surface area contributed by atoms with Crippen LogP contribution in [-0.2, 0) is 38.7 Å². The van der Waals surface area contributed by atoms with Crippen LogP contribution in [-0.4, -0.2) is 69.3 Å². The largest absolute Gasteiger partial charge is 2.00 e. The molecule has 0 radical (unpaired) electrons. The summed E-state index contributed by atoms with van der Waals surface area (Å²) in [5, 5.41) is 18.7. The van der Waals surface area contributed by atoms with E-state index in [0.29, 0.717) is 112 Å². The normalized spacial score (nSPS) is 11.2. The molecular weight excluding hydrogens is 1040 g/mol. The molecule has 7 aromatic rings. The second-order valence-electron chi connectivity index (χ2n) is 15.3. The number of carbonyl (C=O) groups is 4. The average molecular weight is 1080 g/mol. The van der Waals surface area contributed by atoms with Crippen LogP contribution in [0.15, 0.2) is 121 Å². The molecule has 0 fully saturated rings. The molecule has 4 amide bonds. The minimum atomic E-state index is -0.408. The Hall–Kier alpha value is -6.90. The zero-order valence-electron chi connectivity index (χ0n) is 37.8. The van der Waals surface area contributed by atoms with Crippen molar-refractivity contribution in [3.63, 3.8) is 0 Å². The molecule has 0 saturated carbocycles. The summed E-state index contributed by atoms with van der Waals surface area (Å²) in [6.07, 6.45) is 7.45. The van der Waals surface area contributed by atoms with E-state index in [1.165, 1.54) is 0 Å². The van der Waals surface area contributed by atoms with Crippen LogP contribution in [0.1, 0.15) is 22.8 Å². The van der Waals surface area contributed by atoms with E-state index in [0.717, 1.165) is 7.11 Å². The van der Waals surface area contributed by atoms with Gasteiger partial charge in [0.25, 0.3) is 0 Å². The molecule has 0 saturated heterocycles. The Labute approximate surface area is 440 Å². The molecule has 13 nitrogen and oxygen atoms in total. The van der Waals surface area contributed by atoms with Gasteiger partial charge in [0.1, 0.15) is 23.5 Å². The SMILES string of the molecule is CO.O=C(CCl)Nc1ccccc1-c1c2nc(c(-c3ccccc3NC(=O)CCl)c3ccc([n-]3)c(-c3ccccc3NC(=O)CCl)c3nc(c(-c4ccccc4NC(=O)CCl)c4ccc1[n-]4)C=C3)C=C2.[Zn+2]. The van der Waals surface area contributed by atoms with Crippen molar-refractivity contribution < 1.29 is 43.8 Å². The number of para-hydroxylation sites is 4. The number of fused-ring (bicyclic) bond motifs is 8. The van der Waals surface area contributed by atoms with E-state index in [4.69, 9.17) is 71.4 Å². The quantitative estimate of drug-likeness (QED) is 0.0585. The molecule has 352 valence electrons. The van der Waals surface area contributed by atoms with Gasteiger partial charge in [0.2, 0.25) is 23.6 Å². The Morgan fingerprint density at radius 3 is 0.817 bits per heavy atom. The Balaban J connectivity index is 0.00000244. The van der Waals surface area contributed by atoms with E-state index >= 15 is 0 Å². The first-order valence-electron chi connectivity index (χ1n) is 21.5. The van der Waals surface area contributed by atoms with Gasteiger partial charge in [-0.15, -0.1) is 68.5 Å². The molecule has 18 heteroatoms. The van der Waals surface area contributed by atoms with Crippen molar-refractivity contribution in [1.82, 2.24) is 19.9 Å². The third kappa shape index (κ3) is 11.2. The molecular formula is C53H40Cl4N8O5Zn. The fourth-order valence-corrected chi connectivity index (χ4v) is 8.43. The summed E-state index contributed by atoms with van der Waals surface area (Å²) < 4.78 is 0. The Kier molecular flexibility index (Phi) is 17.4. The smallest absolute Gasteiger partial charge is 0.657 e. The van der Waals surface area contributed by atoms with Gasteiger partial charge in [0, 0.05) is 52.1 Å². The number of aromatic nitrogens is 4. The number of alkyl halides is 4. The fraction of sp³-hybridized carbons (Fsp3) is 0.0943. The van der Waals surface area contributed by atoms with Crippen LogP contribution < -0.4 is 31.2 Å². The third-order valence-corrected chi connectivity index (χ3v) is 11.9. The van der Waals surface area contributed by atoms with Crippen LogP contribution in [0.3, 0.4) is 0 Å². The number of nitrogens with one attached hydrogen (secondary N) is 4. The number of halogens is 4. The minimum absolute atomic E-state index is 0. The fourth-order valence-electron chi connectivity index (χ4n) is 8.17. The Morgan fingerprint density at radius 2 is 0.606 bits per heavy atom. The summed E-state index contributed by atoms with van der Waals surface area (Å²) in [6.45, 7) is 0. The molecule has 0 aliphatic carbocycles. The van der Waals surface area contributed by atoms with Gasteiger partial charge in [-0.05, 0) is 70.8 Å². The van der Waals surface area contributed by atoms with Crippen molar-refractivity contribution in [2.24, 2.45) is 0 Å². The first-order chi connectivity index (χ1) is 34.2. The van der Waals surface area contributed by atoms with Crippen LogP contribution in [0.4, 0.5) is 22.7 Å². The van der Waals surface area contributed by atoms with Crippen LogP contribution in [0.2, 0.25) is 0 Å². The Bertz CT molecular complexity index is 2990. The summed E-state index contributed by atoms with van der Waals surface area (Å²) in [7, 11) is 1.00. The second kappa shape index (κ2) is 23.8. The van der Waals surface area contributed by atoms with Gasteiger partial charge in [-0.3, -0.25) is 19.2 Å². The van der Waals surface area contributed by atoms with Gasteiger partial charge in [-0.1, -0.05) is 97.1 Å². The molecule has 9 rings (SSSR count). The summed E-state index contributed by atoms with van der Waals surface area (Å²) >= 11 is 24.0. The van der Waals surface area contributed by atoms with Crippen LogP contribution >= 0.6 is 46.4 Å². The molecule has 2 aliphatic heterocycles. The zero-order valence-corrected chi connectivity index (χ0v) is 43.8. The molecule has 5 heterocycles. The van der Waals surface area contributed by atoms with Gasteiger partial charge in [-0.25, -0.2) is 9.97 Å². The standard InChI is InChI=1S/C52H38Cl4N8O4.CH4O.Zn/c53-25-45(65)61-33-13-5-1-9-29(33)49-37-17-19-39(57-37)50(30-10-2-6-14-34(30)62-46(66)26-54)41-21-23-43(59-41)52(32-12-4-8-16-36(32)64-48(68)28-56)44-24-22-42(60-44)51(40-20-18-38(49)58-40)31-11-3-7-15-35(31)63-47(67)27-55;1-2;/h1-24H,25-28H2,(H6,57,58,59,60,61,62,63,64,65,66,67,68);2H,1H3;/q;;+2/p-2. The molecule has 0 unspecified atom stereocenters. The molecule has 4 aromatic carbocycles. The van der Waals surface area contributed by atoms with Gasteiger partial charge in [0.15, 0.2) is 0 Å². The van der Waals surface area contributed by atoms with E-state index in [1.54, 1.807) is 48.5 Å². The molecule has 2 aliphatic rings. The summed E-state index contributed by atoms with van der Waals surface area (Å²) in [5.74, 6) is -2.72. The van der Waals surface area contributed by atoms with Crippen molar-refractivity contribution >= 4 is 139 Å². The maximum absolute atomic E-state index is 12.9. The van der Waals surface area contributed by atoms with Gasteiger partial charge < -0.3 is 36.3 Å². The maximum atomic E-state index is 12.9. The zero-order chi connectivity index (χ0) is 49.3. The number of amides is 4. The second-order valence-corrected chi connectivity index (χ2v) is 16.3. The van der Waals surface area contributed by atoms with Crippen molar-refractivity contribution in [2.75, 3.05) is 51.9 Å². The first kappa shape index (κ1) is 51.9. The van der Waals surface area contributed by atoms with E-state index in [1.807, 2.05) is 97.1 Å². The van der Waals surface area contributed by atoms with Crippen LogP contribution in [0.5, 0.6) is 0 Å². The number of carbonyl (C=O) groups excluding carboxylic acids is 4. The average Bonchev–Trinajstić information content (AvgIpc) is 4.25. The van der Waals surface area contributed by atoms with E-state index in [9.17, 15) is 19.2 Å². The monoisotopic (exact) mass is 1070 g/mol. The van der Waals surface area contributed by atoms with Crippen molar-refractivity contribution in [2.45, 2.75) is 0 Å². The first-order valence-corrected chi connectivity index (χ1v) is 23.6. The molecule has 0 atom stereocenters. The van der Waals surface area contributed by atoms with Crippen molar-refractivity contribution in [3.8, 4) is 44.5 Å². The molecule has 5 N–H and O–H groups in total. The minimum Gasteiger partial charge on any atom is -0.657 e. The maximum Gasteiger partial charge on any atom is 2.00 e. The van der Waals surface area contributed by atoms with Crippen LogP contribution in [0.25, 0.3) is 90.9 Å². The topological polar surface area (TPSA) is 191 Å². The van der Waals surface area contributed by atoms with E-state index in [-0.39, 0.29) is 43.0 Å². The summed E-state index contributed by atoms with van der Waals surface area (Å²) in [5.41, 5.74) is 10.6. The van der Waals surface area contributed by atoms with Crippen molar-refractivity contribution in [1.29, 1.82) is 0 Å². The van der Waals surface area contributed by atoms with Crippen LogP contribution in [0, 0.1) is 0 Å². The molecule has 8 bridgehead atoms. The predicted octanol–water partition coefficient (Wildman–Crippen LogP) is 10.9. The third-order valence-electron chi connectivity index (χ3n) is 11.0.